The molecule has 0 aromatic heterocycles. The van der Waals surface area contributed by atoms with Gasteiger partial charge in [0.15, 0.2) is 0 Å². The highest BCUT2D eigenvalue weighted by molar-refractivity contribution is 5.99. The number of rotatable bonds is 4. The molecule has 0 heterocycles. The summed E-state index contributed by atoms with van der Waals surface area (Å²) in [5.74, 6) is 0.779. The van der Waals surface area contributed by atoms with Gasteiger partial charge >= 0.3 is 5.97 Å². The van der Waals surface area contributed by atoms with Gasteiger partial charge in [0.05, 0.1) is 6.61 Å². The second-order valence-corrected chi connectivity index (χ2v) is 1.86. The Labute approximate surface area is 65.4 Å². The molecular formula is C8H10O3. The Bertz CT molecular complexity index is 199. The van der Waals surface area contributed by atoms with Crippen LogP contribution in [0.15, 0.2) is 18.2 Å². The number of hydrogen-bond acceptors (Lipinski definition) is 3. The molecule has 0 bridgehead atoms. The second-order valence-electron chi connectivity index (χ2n) is 1.86. The van der Waals surface area contributed by atoms with Gasteiger partial charge < -0.3 is 4.74 Å². The summed E-state index contributed by atoms with van der Waals surface area (Å²) in [6.45, 7) is 5.44. The van der Waals surface area contributed by atoms with Gasteiger partial charge in [-0.05, 0) is 12.5 Å². The van der Waals surface area contributed by atoms with Crippen molar-refractivity contribution in [1.29, 1.82) is 0 Å². The summed E-state index contributed by atoms with van der Waals surface area (Å²) in [6.07, 6.45) is 1.86. The van der Waals surface area contributed by atoms with Crippen LogP contribution >= 0.6 is 0 Å². The highest BCUT2D eigenvalue weighted by atomic mass is 16.5. The average Bonchev–Trinajstić information content (AvgIpc) is 2.03. The van der Waals surface area contributed by atoms with Crippen LogP contribution in [-0.4, -0.2) is 18.5 Å². The van der Waals surface area contributed by atoms with Crippen molar-refractivity contribution in [1.82, 2.24) is 0 Å². The predicted molar refractivity (Wildman–Crippen MR) is 40.7 cm³/mol. The maximum atomic E-state index is 10.8. The van der Waals surface area contributed by atoms with E-state index < -0.39 is 5.97 Å². The van der Waals surface area contributed by atoms with Crippen LogP contribution in [0.5, 0.6) is 0 Å². The van der Waals surface area contributed by atoms with Crippen molar-refractivity contribution in [2.45, 2.75) is 13.3 Å². The van der Waals surface area contributed by atoms with E-state index in [-0.39, 0.29) is 5.57 Å². The number of carbonyl (C=O) groups excluding carboxylic acids is 2. The maximum Gasteiger partial charge on any atom is 0.349 e. The molecule has 3 nitrogen and oxygen atoms in total. The monoisotopic (exact) mass is 154 g/mol. The van der Waals surface area contributed by atoms with E-state index in [2.05, 4.69) is 11.3 Å². The molecule has 0 aliphatic carbocycles. The van der Waals surface area contributed by atoms with Gasteiger partial charge in [-0.25, -0.2) is 9.59 Å². The summed E-state index contributed by atoms with van der Waals surface area (Å²) in [5, 5.41) is 0. The molecule has 0 amide bonds. The number of carbonyl (C=O) groups is 1. The summed E-state index contributed by atoms with van der Waals surface area (Å²) in [4.78, 5) is 20.8. The Morgan fingerprint density at radius 2 is 2.36 bits per heavy atom. The molecule has 0 aliphatic rings. The van der Waals surface area contributed by atoms with Crippen molar-refractivity contribution >= 4 is 11.9 Å². The molecule has 0 saturated carbocycles. The lowest BCUT2D eigenvalue weighted by molar-refractivity contribution is -0.138. The Balaban J connectivity index is 4.02. The van der Waals surface area contributed by atoms with Crippen molar-refractivity contribution in [3.63, 3.8) is 0 Å². The van der Waals surface area contributed by atoms with Gasteiger partial charge in [-0.2, -0.15) is 0 Å². The minimum Gasteiger partial charge on any atom is -0.462 e. The van der Waals surface area contributed by atoms with Crippen LogP contribution in [0.2, 0.25) is 0 Å². The van der Waals surface area contributed by atoms with Crippen LogP contribution in [-0.2, 0) is 14.3 Å². The molecule has 0 saturated heterocycles. The highest BCUT2D eigenvalue weighted by Gasteiger charge is 2.06. The van der Waals surface area contributed by atoms with Gasteiger partial charge in [0.2, 0.25) is 0 Å². The standard InChI is InChI=1S/C8H10O3/c1-3-5-11-8(10)7(4-2)6-9/h4H,2-3,5H2,1H3. The predicted octanol–water partition coefficient (Wildman–Crippen LogP) is 0.884. The first-order valence-corrected chi connectivity index (χ1v) is 3.31. The molecule has 60 valence electrons. The van der Waals surface area contributed by atoms with E-state index in [1.54, 1.807) is 0 Å². The van der Waals surface area contributed by atoms with Gasteiger partial charge in [-0.3, -0.25) is 0 Å². The Hall–Kier alpha value is -1.34. The van der Waals surface area contributed by atoms with E-state index in [4.69, 9.17) is 0 Å². The lowest BCUT2D eigenvalue weighted by Gasteiger charge is -1.98. The third-order valence-electron chi connectivity index (χ3n) is 0.971. The number of ether oxygens (including phenoxy) is 1. The van der Waals surface area contributed by atoms with Crippen molar-refractivity contribution in [2.75, 3.05) is 6.61 Å². The van der Waals surface area contributed by atoms with Crippen LogP contribution in [0.1, 0.15) is 13.3 Å². The fourth-order valence-electron chi connectivity index (χ4n) is 0.439. The van der Waals surface area contributed by atoms with E-state index >= 15 is 0 Å². The van der Waals surface area contributed by atoms with E-state index in [1.165, 1.54) is 5.94 Å². The summed E-state index contributed by atoms with van der Waals surface area (Å²) in [6, 6.07) is 0. The molecule has 11 heavy (non-hydrogen) atoms. The van der Waals surface area contributed by atoms with E-state index in [0.29, 0.717) is 6.61 Å². The summed E-state index contributed by atoms with van der Waals surface area (Å²) < 4.78 is 4.63. The number of esters is 1. The third-order valence-corrected chi connectivity index (χ3v) is 0.971. The molecule has 0 aromatic rings. The molecule has 0 aliphatic heterocycles. The second kappa shape index (κ2) is 5.45. The SMILES string of the molecule is C=CC(=C=O)C(=O)OCCC. The van der Waals surface area contributed by atoms with Crippen LogP contribution in [0.25, 0.3) is 0 Å². The summed E-state index contributed by atoms with van der Waals surface area (Å²) in [5.41, 5.74) is -0.154. The number of hydrogen-bond donors (Lipinski definition) is 0. The lowest BCUT2D eigenvalue weighted by Crippen LogP contribution is -2.07. The van der Waals surface area contributed by atoms with E-state index in [9.17, 15) is 9.59 Å². The molecule has 0 aromatic carbocycles. The third kappa shape index (κ3) is 3.38. The van der Waals surface area contributed by atoms with Crippen molar-refractivity contribution in [3.8, 4) is 0 Å². The van der Waals surface area contributed by atoms with Gasteiger partial charge in [-0.15, -0.1) is 0 Å². The molecular weight excluding hydrogens is 144 g/mol. The van der Waals surface area contributed by atoms with Crippen molar-refractivity contribution in [2.24, 2.45) is 0 Å². The Kier molecular flexibility index (Phi) is 4.78. The largest absolute Gasteiger partial charge is 0.462 e. The molecule has 0 spiro atoms. The smallest absolute Gasteiger partial charge is 0.349 e. The van der Waals surface area contributed by atoms with E-state index in [1.807, 2.05) is 6.92 Å². The lowest BCUT2D eigenvalue weighted by atomic mass is 10.3. The fraction of sp³-hybridized carbons (Fsp3) is 0.375. The zero-order valence-electron chi connectivity index (χ0n) is 6.42. The highest BCUT2D eigenvalue weighted by Crippen LogP contribution is 1.94. The molecule has 0 radical (unpaired) electrons. The first-order valence-electron chi connectivity index (χ1n) is 3.31. The minimum absolute atomic E-state index is 0.154. The minimum atomic E-state index is -0.656. The van der Waals surface area contributed by atoms with Crippen LogP contribution in [0, 0.1) is 0 Å². The normalized spacial score (nSPS) is 8.09. The quantitative estimate of drug-likeness (QED) is 0.261. The topological polar surface area (TPSA) is 43.4 Å². The zero-order valence-corrected chi connectivity index (χ0v) is 6.42. The molecule has 0 unspecified atom stereocenters. The van der Waals surface area contributed by atoms with Crippen LogP contribution in [0.3, 0.4) is 0 Å². The summed E-state index contributed by atoms with van der Waals surface area (Å²) in [7, 11) is 0. The van der Waals surface area contributed by atoms with Crippen LogP contribution in [0.4, 0.5) is 0 Å². The van der Waals surface area contributed by atoms with Crippen molar-refractivity contribution in [3.05, 3.63) is 18.2 Å². The zero-order chi connectivity index (χ0) is 8.69. The fourth-order valence-corrected chi connectivity index (χ4v) is 0.439. The van der Waals surface area contributed by atoms with Crippen LogP contribution < -0.4 is 0 Å². The molecule has 0 atom stereocenters. The Morgan fingerprint density at radius 3 is 2.73 bits per heavy atom. The van der Waals surface area contributed by atoms with Gasteiger partial charge in [0.25, 0.3) is 0 Å². The molecule has 3 heteroatoms. The van der Waals surface area contributed by atoms with Gasteiger partial charge in [0, 0.05) is 0 Å². The first kappa shape index (κ1) is 9.66. The summed E-state index contributed by atoms with van der Waals surface area (Å²) >= 11 is 0. The molecule has 0 N–H and O–H groups in total. The maximum absolute atomic E-state index is 10.8. The van der Waals surface area contributed by atoms with Gasteiger partial charge in [0.1, 0.15) is 11.5 Å². The average molecular weight is 154 g/mol. The first-order chi connectivity index (χ1) is 5.26. The Morgan fingerprint density at radius 1 is 1.73 bits per heavy atom. The molecule has 0 fully saturated rings. The van der Waals surface area contributed by atoms with Gasteiger partial charge in [-0.1, -0.05) is 13.5 Å². The molecule has 0 rings (SSSR count). The van der Waals surface area contributed by atoms with Crippen molar-refractivity contribution < 1.29 is 14.3 Å². The van der Waals surface area contributed by atoms with E-state index in [0.717, 1.165) is 12.5 Å².